The number of hydrogen-bond donors (Lipinski definition) is 3. The van der Waals surface area contributed by atoms with Crippen molar-refractivity contribution < 1.29 is 20.1 Å². The van der Waals surface area contributed by atoms with Gasteiger partial charge < -0.3 is 20.1 Å². The average molecular weight is 278 g/mol. The van der Waals surface area contributed by atoms with E-state index >= 15 is 0 Å². The Morgan fingerprint density at radius 1 is 1.35 bits per heavy atom. The van der Waals surface area contributed by atoms with Crippen LogP contribution in [0.25, 0.3) is 0 Å². The summed E-state index contributed by atoms with van der Waals surface area (Å²) in [4.78, 5) is 0. The molecular weight excluding hydrogens is 260 g/mol. The van der Waals surface area contributed by atoms with Crippen LogP contribution < -0.4 is 4.74 Å². The van der Waals surface area contributed by atoms with Crippen molar-refractivity contribution in [1.82, 2.24) is 9.78 Å². The molecule has 6 heteroatoms. The van der Waals surface area contributed by atoms with Crippen LogP contribution in [0.1, 0.15) is 17.2 Å². The fourth-order valence-electron chi connectivity index (χ4n) is 2.00. The molecule has 2 unspecified atom stereocenters. The summed E-state index contributed by atoms with van der Waals surface area (Å²) in [5.41, 5.74) is 1.35. The second-order valence-corrected chi connectivity index (χ2v) is 4.47. The number of rotatable bonds is 6. The summed E-state index contributed by atoms with van der Waals surface area (Å²) in [5.74, 6) is 0.676. The van der Waals surface area contributed by atoms with Gasteiger partial charge in [-0.05, 0) is 23.8 Å². The Kier molecular flexibility index (Phi) is 4.73. The summed E-state index contributed by atoms with van der Waals surface area (Å²) in [6.45, 7) is -0.00631. The highest BCUT2D eigenvalue weighted by molar-refractivity contribution is 5.38. The number of methoxy groups -OCH3 is 1. The quantitative estimate of drug-likeness (QED) is 0.708. The van der Waals surface area contributed by atoms with Crippen LogP contribution in [0.5, 0.6) is 5.75 Å². The van der Waals surface area contributed by atoms with E-state index in [-0.39, 0.29) is 0 Å². The van der Waals surface area contributed by atoms with Gasteiger partial charge in [0.05, 0.1) is 20.3 Å². The monoisotopic (exact) mass is 278 g/mol. The van der Waals surface area contributed by atoms with Gasteiger partial charge in [-0.25, -0.2) is 0 Å². The normalized spacial score (nSPS) is 14.0. The molecule has 0 amide bonds. The zero-order valence-electron chi connectivity index (χ0n) is 11.2. The lowest BCUT2D eigenvalue weighted by Gasteiger charge is -2.18. The highest BCUT2D eigenvalue weighted by atomic mass is 16.5. The molecule has 0 fully saturated rings. The molecule has 108 valence electrons. The van der Waals surface area contributed by atoms with Crippen LogP contribution in [0, 0.1) is 0 Å². The van der Waals surface area contributed by atoms with Gasteiger partial charge in [0.25, 0.3) is 0 Å². The summed E-state index contributed by atoms with van der Waals surface area (Å²) in [5, 5.41) is 32.5. The van der Waals surface area contributed by atoms with Gasteiger partial charge >= 0.3 is 0 Å². The van der Waals surface area contributed by atoms with Gasteiger partial charge in [0.15, 0.2) is 0 Å². The van der Waals surface area contributed by atoms with Gasteiger partial charge in [-0.15, -0.1) is 0 Å². The molecule has 0 aliphatic carbocycles. The summed E-state index contributed by atoms with van der Waals surface area (Å²) < 4.78 is 7.01. The van der Waals surface area contributed by atoms with Crippen LogP contribution in [-0.2, 0) is 6.54 Å². The third-order valence-corrected chi connectivity index (χ3v) is 3.09. The number of aromatic nitrogens is 2. The molecule has 6 nitrogen and oxygen atoms in total. The van der Waals surface area contributed by atoms with Gasteiger partial charge in [0.2, 0.25) is 0 Å². The minimum absolute atomic E-state index is 0.492. The summed E-state index contributed by atoms with van der Waals surface area (Å²) in [6, 6.07) is 6.95. The molecule has 0 bridgehead atoms. The van der Waals surface area contributed by atoms with Crippen LogP contribution >= 0.6 is 0 Å². The van der Waals surface area contributed by atoms with E-state index in [1.54, 1.807) is 36.2 Å². The maximum atomic E-state index is 9.93. The second kappa shape index (κ2) is 6.51. The van der Waals surface area contributed by atoms with Crippen molar-refractivity contribution in [2.75, 3.05) is 13.7 Å². The molecule has 0 radical (unpaired) electrons. The molecule has 0 spiro atoms. The molecule has 0 aliphatic rings. The minimum atomic E-state index is -1.21. The minimum Gasteiger partial charge on any atom is -0.496 e. The standard InChI is InChI=1S/C14H18N2O4/c1-20-13-4-3-10(14(19)12(18)9-17)7-11(13)8-16-6-2-5-15-16/h2-7,12,14,17-19H,8-9H2,1H3. The van der Waals surface area contributed by atoms with Crippen molar-refractivity contribution in [3.05, 3.63) is 47.8 Å². The van der Waals surface area contributed by atoms with E-state index in [2.05, 4.69) is 5.10 Å². The number of nitrogens with zero attached hydrogens (tertiary/aromatic N) is 2. The van der Waals surface area contributed by atoms with Crippen molar-refractivity contribution in [3.8, 4) is 5.75 Å². The zero-order valence-corrected chi connectivity index (χ0v) is 11.2. The maximum absolute atomic E-state index is 9.93. The number of ether oxygens (including phenoxy) is 1. The molecule has 2 rings (SSSR count). The molecular formula is C14H18N2O4. The topological polar surface area (TPSA) is 87.7 Å². The molecule has 20 heavy (non-hydrogen) atoms. The van der Waals surface area contributed by atoms with E-state index in [1.165, 1.54) is 0 Å². The van der Waals surface area contributed by atoms with Crippen molar-refractivity contribution in [1.29, 1.82) is 0 Å². The number of aliphatic hydroxyl groups is 3. The highest BCUT2D eigenvalue weighted by Gasteiger charge is 2.18. The lowest BCUT2D eigenvalue weighted by molar-refractivity contribution is -0.0153. The zero-order chi connectivity index (χ0) is 14.5. The summed E-state index contributed by atoms with van der Waals surface area (Å²) in [7, 11) is 1.57. The number of hydrogen-bond acceptors (Lipinski definition) is 5. The Morgan fingerprint density at radius 3 is 2.75 bits per heavy atom. The molecule has 1 aromatic heterocycles. The van der Waals surface area contributed by atoms with Crippen LogP contribution in [0.4, 0.5) is 0 Å². The second-order valence-electron chi connectivity index (χ2n) is 4.47. The molecule has 1 aromatic carbocycles. The van der Waals surface area contributed by atoms with Crippen LogP contribution in [-0.4, -0.2) is 44.9 Å². The van der Waals surface area contributed by atoms with E-state index in [4.69, 9.17) is 9.84 Å². The highest BCUT2D eigenvalue weighted by Crippen LogP contribution is 2.25. The molecule has 0 saturated heterocycles. The van der Waals surface area contributed by atoms with Crippen molar-refractivity contribution in [3.63, 3.8) is 0 Å². The Morgan fingerprint density at radius 2 is 2.15 bits per heavy atom. The first-order valence-electron chi connectivity index (χ1n) is 6.27. The van der Waals surface area contributed by atoms with Crippen LogP contribution in [0.3, 0.4) is 0 Å². The van der Waals surface area contributed by atoms with E-state index in [1.807, 2.05) is 12.3 Å². The first-order valence-corrected chi connectivity index (χ1v) is 6.27. The first-order chi connectivity index (χ1) is 9.65. The third kappa shape index (κ3) is 3.16. The fraction of sp³-hybridized carbons (Fsp3) is 0.357. The van der Waals surface area contributed by atoms with E-state index in [9.17, 15) is 10.2 Å². The van der Waals surface area contributed by atoms with E-state index in [0.717, 1.165) is 5.56 Å². The van der Waals surface area contributed by atoms with E-state index in [0.29, 0.717) is 17.9 Å². The van der Waals surface area contributed by atoms with Gasteiger partial charge in [-0.3, -0.25) is 4.68 Å². The molecule has 0 aliphatic heterocycles. The van der Waals surface area contributed by atoms with Gasteiger partial charge in [-0.1, -0.05) is 6.07 Å². The van der Waals surface area contributed by atoms with E-state index < -0.39 is 18.8 Å². The third-order valence-electron chi connectivity index (χ3n) is 3.09. The Labute approximate surface area is 116 Å². The molecule has 2 atom stereocenters. The van der Waals surface area contributed by atoms with Gasteiger partial charge in [-0.2, -0.15) is 5.10 Å². The van der Waals surface area contributed by atoms with Crippen molar-refractivity contribution in [2.24, 2.45) is 0 Å². The van der Waals surface area contributed by atoms with Crippen molar-refractivity contribution >= 4 is 0 Å². The largest absolute Gasteiger partial charge is 0.496 e. The predicted molar refractivity (Wildman–Crippen MR) is 72.4 cm³/mol. The van der Waals surface area contributed by atoms with Crippen molar-refractivity contribution in [2.45, 2.75) is 18.8 Å². The maximum Gasteiger partial charge on any atom is 0.123 e. The predicted octanol–water partition coefficient (Wildman–Crippen LogP) is 0.327. The summed E-state index contributed by atoms with van der Waals surface area (Å²) >= 11 is 0. The Hall–Kier alpha value is -1.89. The molecule has 0 saturated carbocycles. The number of benzene rings is 1. The Bertz CT molecular complexity index is 542. The SMILES string of the molecule is COc1ccc(C(O)C(O)CO)cc1Cn1cccn1. The molecule has 2 aromatic rings. The fourth-order valence-corrected chi connectivity index (χ4v) is 2.00. The van der Waals surface area contributed by atoms with Gasteiger partial charge in [0.1, 0.15) is 18.0 Å². The molecule has 1 heterocycles. The van der Waals surface area contributed by atoms with Crippen LogP contribution in [0.15, 0.2) is 36.7 Å². The smallest absolute Gasteiger partial charge is 0.123 e. The molecule has 3 N–H and O–H groups in total. The Balaban J connectivity index is 2.28. The first kappa shape index (κ1) is 14.5. The van der Waals surface area contributed by atoms with Gasteiger partial charge in [0, 0.05) is 18.0 Å². The number of aliphatic hydroxyl groups excluding tert-OH is 3. The lowest BCUT2D eigenvalue weighted by atomic mass is 10.0. The lowest BCUT2D eigenvalue weighted by Crippen LogP contribution is -2.22. The average Bonchev–Trinajstić information content (AvgIpc) is 2.98. The summed E-state index contributed by atoms with van der Waals surface area (Å²) in [6.07, 6.45) is 1.16. The van der Waals surface area contributed by atoms with Crippen LogP contribution in [0.2, 0.25) is 0 Å².